The smallest absolute Gasteiger partial charge is 0.317 e. The highest BCUT2D eigenvalue weighted by Gasteiger charge is 2.23. The minimum absolute atomic E-state index is 0.143. The Morgan fingerprint density at radius 1 is 1.08 bits per heavy atom. The van der Waals surface area contributed by atoms with E-state index in [0.29, 0.717) is 42.8 Å². The van der Waals surface area contributed by atoms with Gasteiger partial charge in [-0.15, -0.1) is 0 Å². The Morgan fingerprint density at radius 2 is 1.68 bits per heavy atom. The predicted octanol–water partition coefficient (Wildman–Crippen LogP) is 3.56. The summed E-state index contributed by atoms with van der Waals surface area (Å²) in [6, 6.07) is 5.92. The van der Waals surface area contributed by atoms with Crippen molar-refractivity contribution in [3.63, 3.8) is 0 Å². The molecule has 1 N–H and O–H groups in total. The molecule has 25 heavy (non-hydrogen) atoms. The first-order valence-electron chi connectivity index (χ1n) is 7.86. The first-order valence-corrected chi connectivity index (χ1v) is 8.61. The first kappa shape index (κ1) is 17.8. The third-order valence-corrected chi connectivity index (χ3v) is 4.62. The number of pyridine rings is 1. The van der Waals surface area contributed by atoms with E-state index in [-0.39, 0.29) is 11.8 Å². The summed E-state index contributed by atoms with van der Waals surface area (Å²) in [7, 11) is 0. The van der Waals surface area contributed by atoms with Gasteiger partial charge in [0.05, 0.1) is 15.7 Å². The molecule has 0 bridgehead atoms. The normalized spacial score (nSPS) is 14.5. The molecule has 0 radical (unpaired) electrons. The number of nitrogens with one attached hydrogen (secondary N) is 1. The number of amides is 2. The zero-order chi connectivity index (χ0) is 17.8. The average molecular weight is 383 g/mol. The number of carbonyl (C=O) groups excluding carboxylic acids is 1. The number of benzene rings is 1. The monoisotopic (exact) mass is 382 g/mol. The molecule has 132 valence electrons. The molecule has 0 unspecified atom stereocenters. The van der Waals surface area contributed by atoms with Crippen LogP contribution in [0.25, 0.3) is 0 Å². The van der Waals surface area contributed by atoms with Gasteiger partial charge in [-0.2, -0.15) is 0 Å². The molecule has 0 atom stereocenters. The van der Waals surface area contributed by atoms with Crippen molar-refractivity contribution in [1.82, 2.24) is 15.2 Å². The van der Waals surface area contributed by atoms with E-state index in [4.69, 9.17) is 23.2 Å². The Morgan fingerprint density at radius 3 is 2.28 bits per heavy atom. The number of nitrogens with zero attached hydrogens (tertiary/aromatic N) is 3. The predicted molar refractivity (Wildman–Crippen MR) is 96.7 cm³/mol. The molecule has 0 saturated carbocycles. The summed E-state index contributed by atoms with van der Waals surface area (Å²) in [5, 5.41) is 3.85. The number of anilines is 1. The molecule has 2 amide bonds. The van der Waals surface area contributed by atoms with E-state index < -0.39 is 0 Å². The molecule has 1 saturated heterocycles. The molecule has 5 nitrogen and oxygen atoms in total. The van der Waals surface area contributed by atoms with Gasteiger partial charge in [0.15, 0.2) is 0 Å². The Balaban J connectivity index is 1.53. The summed E-state index contributed by atoms with van der Waals surface area (Å²) in [6.45, 7) is 2.75. The summed E-state index contributed by atoms with van der Waals surface area (Å²) >= 11 is 12.4. The number of halogens is 3. The van der Waals surface area contributed by atoms with Crippen LogP contribution in [0.2, 0.25) is 10.0 Å². The van der Waals surface area contributed by atoms with E-state index in [1.54, 1.807) is 29.4 Å². The molecule has 0 spiro atoms. The van der Waals surface area contributed by atoms with Crippen LogP contribution in [-0.4, -0.2) is 42.1 Å². The summed E-state index contributed by atoms with van der Waals surface area (Å²) in [4.78, 5) is 20.0. The fourth-order valence-electron chi connectivity index (χ4n) is 2.73. The van der Waals surface area contributed by atoms with Gasteiger partial charge < -0.3 is 15.1 Å². The Bertz CT molecular complexity index is 729. The quantitative estimate of drug-likeness (QED) is 0.882. The molecule has 1 aliphatic rings. The number of urea groups is 1. The van der Waals surface area contributed by atoms with Crippen LogP contribution in [0.4, 0.5) is 14.9 Å². The molecule has 1 aromatic heterocycles. The van der Waals surface area contributed by atoms with E-state index >= 15 is 0 Å². The van der Waals surface area contributed by atoms with Crippen molar-refractivity contribution in [3.8, 4) is 0 Å². The molecule has 2 heterocycles. The first-order chi connectivity index (χ1) is 12.0. The van der Waals surface area contributed by atoms with Gasteiger partial charge in [0.2, 0.25) is 0 Å². The average Bonchev–Trinajstić information content (AvgIpc) is 2.61. The van der Waals surface area contributed by atoms with E-state index in [1.807, 2.05) is 0 Å². The Kier molecular flexibility index (Phi) is 5.60. The van der Waals surface area contributed by atoms with Crippen molar-refractivity contribution >= 4 is 34.9 Å². The minimum Gasteiger partial charge on any atom is -0.365 e. The lowest BCUT2D eigenvalue weighted by molar-refractivity contribution is 0.194. The van der Waals surface area contributed by atoms with E-state index in [1.165, 1.54) is 12.1 Å². The zero-order valence-electron chi connectivity index (χ0n) is 13.4. The second-order valence-electron chi connectivity index (χ2n) is 5.71. The minimum atomic E-state index is -0.292. The van der Waals surface area contributed by atoms with Gasteiger partial charge in [-0.25, -0.2) is 9.18 Å². The number of hydrogen-bond donors (Lipinski definition) is 1. The lowest BCUT2D eigenvalue weighted by Gasteiger charge is -2.36. The lowest BCUT2D eigenvalue weighted by Crippen LogP contribution is -2.51. The summed E-state index contributed by atoms with van der Waals surface area (Å²) < 4.78 is 12.9. The van der Waals surface area contributed by atoms with Gasteiger partial charge in [0.25, 0.3) is 0 Å². The summed E-state index contributed by atoms with van der Waals surface area (Å²) in [6.07, 6.45) is 3.12. The van der Waals surface area contributed by atoms with Gasteiger partial charge in [-0.05, 0) is 17.7 Å². The van der Waals surface area contributed by atoms with Crippen LogP contribution in [0.3, 0.4) is 0 Å². The van der Waals surface area contributed by atoms with Crippen LogP contribution in [0.5, 0.6) is 0 Å². The van der Waals surface area contributed by atoms with Crippen LogP contribution in [0.1, 0.15) is 5.56 Å². The number of piperazine rings is 1. The number of carbonyl (C=O) groups is 1. The maximum Gasteiger partial charge on any atom is 0.317 e. The summed E-state index contributed by atoms with van der Waals surface area (Å²) in [5.41, 5.74) is 1.61. The van der Waals surface area contributed by atoms with Crippen LogP contribution >= 0.6 is 23.2 Å². The third-order valence-electron chi connectivity index (χ3n) is 4.07. The zero-order valence-corrected chi connectivity index (χ0v) is 14.9. The highest BCUT2D eigenvalue weighted by molar-refractivity contribution is 6.38. The molecule has 1 fully saturated rings. The standard InChI is InChI=1S/C17H17Cl2FN4O/c18-14-10-21-11-15(19)16(14)23-5-7-24(8-6-23)17(25)22-9-12-1-3-13(20)4-2-12/h1-4,10-11H,5-9H2,(H,22,25). The fraction of sp³-hybridized carbons (Fsp3) is 0.294. The van der Waals surface area contributed by atoms with Crippen molar-refractivity contribution in [3.05, 3.63) is 58.1 Å². The van der Waals surface area contributed by atoms with Crippen LogP contribution in [0, 0.1) is 5.82 Å². The SMILES string of the molecule is O=C(NCc1ccc(F)cc1)N1CCN(c2c(Cl)cncc2Cl)CC1. The van der Waals surface area contributed by atoms with Crippen LogP contribution < -0.4 is 10.2 Å². The second-order valence-corrected chi connectivity index (χ2v) is 6.53. The van der Waals surface area contributed by atoms with Crippen molar-refractivity contribution in [2.75, 3.05) is 31.1 Å². The highest BCUT2D eigenvalue weighted by atomic mass is 35.5. The Hall–Kier alpha value is -2.05. The fourth-order valence-corrected chi connectivity index (χ4v) is 3.34. The highest BCUT2D eigenvalue weighted by Crippen LogP contribution is 2.32. The molecule has 1 aromatic carbocycles. The van der Waals surface area contributed by atoms with Crippen LogP contribution in [0.15, 0.2) is 36.7 Å². The van der Waals surface area contributed by atoms with Crippen LogP contribution in [-0.2, 0) is 6.54 Å². The third kappa shape index (κ3) is 4.32. The van der Waals surface area contributed by atoms with Gasteiger partial charge in [-0.1, -0.05) is 35.3 Å². The molecule has 8 heteroatoms. The summed E-state index contributed by atoms with van der Waals surface area (Å²) in [5.74, 6) is -0.292. The molecule has 2 aromatic rings. The van der Waals surface area contributed by atoms with E-state index in [0.717, 1.165) is 11.3 Å². The maximum absolute atomic E-state index is 12.9. The van der Waals surface area contributed by atoms with E-state index in [9.17, 15) is 9.18 Å². The second kappa shape index (κ2) is 7.89. The largest absolute Gasteiger partial charge is 0.365 e. The molecular formula is C17H17Cl2FN4O. The van der Waals surface area contributed by atoms with Crippen molar-refractivity contribution in [2.45, 2.75) is 6.54 Å². The topological polar surface area (TPSA) is 48.5 Å². The molecule has 3 rings (SSSR count). The van der Waals surface area contributed by atoms with Gasteiger partial charge >= 0.3 is 6.03 Å². The number of hydrogen-bond acceptors (Lipinski definition) is 3. The molecule has 0 aliphatic carbocycles. The lowest BCUT2D eigenvalue weighted by atomic mass is 10.2. The van der Waals surface area contributed by atoms with E-state index in [2.05, 4.69) is 15.2 Å². The molecular weight excluding hydrogens is 366 g/mol. The van der Waals surface area contributed by atoms with Gasteiger partial charge in [0.1, 0.15) is 5.82 Å². The number of aromatic nitrogens is 1. The number of rotatable bonds is 3. The van der Waals surface area contributed by atoms with Crippen molar-refractivity contribution < 1.29 is 9.18 Å². The Labute approximate surface area is 155 Å². The van der Waals surface area contributed by atoms with Gasteiger partial charge in [0, 0.05) is 45.1 Å². The van der Waals surface area contributed by atoms with Crippen molar-refractivity contribution in [2.24, 2.45) is 0 Å². The maximum atomic E-state index is 12.9. The molecule has 1 aliphatic heterocycles. The van der Waals surface area contributed by atoms with Gasteiger partial charge in [-0.3, -0.25) is 4.98 Å². The van der Waals surface area contributed by atoms with Crippen molar-refractivity contribution in [1.29, 1.82) is 0 Å².